The lowest BCUT2D eigenvalue weighted by molar-refractivity contribution is -0.135. The zero-order chi connectivity index (χ0) is 21.6. The molecule has 1 aliphatic carbocycles. The second kappa shape index (κ2) is 10.3. The topological polar surface area (TPSA) is 96.0 Å². The van der Waals surface area contributed by atoms with Crippen LogP contribution in [0.25, 0.3) is 0 Å². The molecule has 0 bridgehead atoms. The van der Waals surface area contributed by atoms with E-state index in [1.807, 2.05) is 30.3 Å². The quantitative estimate of drug-likeness (QED) is 0.625. The van der Waals surface area contributed by atoms with E-state index in [0.717, 1.165) is 37.4 Å². The minimum Gasteiger partial charge on any atom is -0.445 e. The summed E-state index contributed by atoms with van der Waals surface area (Å²) in [6.07, 6.45) is 3.01. The number of hydrogen-bond donors (Lipinski definition) is 1. The summed E-state index contributed by atoms with van der Waals surface area (Å²) in [5, 5.41) is 2.58. The number of sulfone groups is 1. The first-order chi connectivity index (χ1) is 14.3. The highest BCUT2D eigenvalue weighted by Crippen LogP contribution is 2.29. The number of carbonyl (C=O) groups excluding carboxylic acids is 2. The van der Waals surface area contributed by atoms with Crippen molar-refractivity contribution in [2.24, 2.45) is 5.92 Å². The number of hydrogen-bond acceptors (Lipinski definition) is 6. The first-order valence-corrected chi connectivity index (χ1v) is 12.5. The molecule has 166 valence electrons. The predicted molar refractivity (Wildman–Crippen MR) is 114 cm³/mol. The molecule has 1 aliphatic heterocycles. The molecule has 3 rings (SSSR count). The van der Waals surface area contributed by atoms with E-state index in [4.69, 9.17) is 4.74 Å². The smallest absolute Gasteiger partial charge is 0.408 e. The molecule has 1 heterocycles. The van der Waals surface area contributed by atoms with Crippen LogP contribution < -0.4 is 5.32 Å². The average molecular weight is 438 g/mol. The zero-order valence-corrected chi connectivity index (χ0v) is 18.3. The monoisotopic (exact) mass is 437 g/mol. The highest BCUT2D eigenvalue weighted by Gasteiger charge is 2.31. The molecular formula is C21H31N3O5S. The van der Waals surface area contributed by atoms with Gasteiger partial charge in [-0.05, 0) is 30.7 Å². The van der Waals surface area contributed by atoms with Crippen molar-refractivity contribution in [2.75, 3.05) is 44.7 Å². The van der Waals surface area contributed by atoms with Gasteiger partial charge < -0.3 is 15.0 Å². The minimum atomic E-state index is -3.26. The van der Waals surface area contributed by atoms with Gasteiger partial charge in [0.05, 0.1) is 5.75 Å². The molecule has 0 spiro atoms. The Morgan fingerprint density at radius 2 is 1.80 bits per heavy atom. The summed E-state index contributed by atoms with van der Waals surface area (Å²) in [5.41, 5.74) is 0.832. The highest BCUT2D eigenvalue weighted by molar-refractivity contribution is 7.90. The normalized spacial score (nSPS) is 18.6. The summed E-state index contributed by atoms with van der Waals surface area (Å²) in [7, 11) is -3.26. The van der Waals surface area contributed by atoms with Gasteiger partial charge >= 0.3 is 6.09 Å². The maximum Gasteiger partial charge on any atom is 0.408 e. The summed E-state index contributed by atoms with van der Waals surface area (Å²) in [6.45, 7) is 3.95. The van der Waals surface area contributed by atoms with E-state index in [9.17, 15) is 18.0 Å². The van der Waals surface area contributed by atoms with Gasteiger partial charge in [-0.1, -0.05) is 30.3 Å². The van der Waals surface area contributed by atoms with Crippen LogP contribution in [-0.2, 0) is 26.0 Å². The fourth-order valence-electron chi connectivity index (χ4n) is 3.53. The molecule has 1 saturated heterocycles. The van der Waals surface area contributed by atoms with Gasteiger partial charge in [0.2, 0.25) is 5.91 Å². The molecule has 1 saturated carbocycles. The van der Waals surface area contributed by atoms with E-state index in [2.05, 4.69) is 10.2 Å². The van der Waals surface area contributed by atoms with Crippen LogP contribution in [0.4, 0.5) is 4.79 Å². The van der Waals surface area contributed by atoms with Crippen molar-refractivity contribution < 1.29 is 22.7 Å². The zero-order valence-electron chi connectivity index (χ0n) is 17.5. The van der Waals surface area contributed by atoms with Crippen molar-refractivity contribution in [3.63, 3.8) is 0 Å². The molecule has 0 radical (unpaired) electrons. The third-order valence-corrected chi connectivity index (χ3v) is 6.45. The predicted octanol–water partition coefficient (Wildman–Crippen LogP) is 1.27. The lowest BCUT2D eigenvalue weighted by Gasteiger charge is -2.36. The highest BCUT2D eigenvalue weighted by atomic mass is 32.2. The molecule has 30 heavy (non-hydrogen) atoms. The standard InChI is InChI=1S/C21H31N3O5S/c1-30(27,28)14-9-19(22-21(26)29-16-18-5-3-2-4-6-18)20(25)24-12-10-23(11-13-24)15-17-7-8-17/h2-6,17,19H,7-16H2,1H3,(H,22,26). The van der Waals surface area contributed by atoms with E-state index in [-0.39, 0.29) is 24.7 Å². The second-order valence-electron chi connectivity index (χ2n) is 8.25. The van der Waals surface area contributed by atoms with Crippen LogP contribution in [0, 0.1) is 5.92 Å². The molecule has 1 atom stereocenters. The third kappa shape index (κ3) is 7.60. The minimum absolute atomic E-state index is 0.0282. The van der Waals surface area contributed by atoms with Crippen LogP contribution in [0.2, 0.25) is 0 Å². The summed E-state index contributed by atoms with van der Waals surface area (Å²) >= 11 is 0. The van der Waals surface area contributed by atoms with Gasteiger partial charge in [0.15, 0.2) is 0 Å². The molecule has 9 heteroatoms. The molecule has 1 unspecified atom stereocenters. The van der Waals surface area contributed by atoms with E-state index < -0.39 is 22.0 Å². The lowest BCUT2D eigenvalue weighted by atomic mass is 10.1. The Labute approximate surface area is 178 Å². The summed E-state index contributed by atoms with van der Waals surface area (Å²) in [5.74, 6) is 0.376. The van der Waals surface area contributed by atoms with Gasteiger partial charge in [-0.25, -0.2) is 13.2 Å². The van der Waals surface area contributed by atoms with Crippen molar-refractivity contribution >= 4 is 21.8 Å². The number of piperazine rings is 1. The Kier molecular flexibility index (Phi) is 7.71. The van der Waals surface area contributed by atoms with Gasteiger partial charge in [-0.2, -0.15) is 0 Å². The van der Waals surface area contributed by atoms with Gasteiger partial charge in [0.1, 0.15) is 22.5 Å². The summed E-state index contributed by atoms with van der Waals surface area (Å²) in [4.78, 5) is 29.4. The van der Waals surface area contributed by atoms with Gasteiger partial charge in [-0.3, -0.25) is 9.69 Å². The van der Waals surface area contributed by atoms with Crippen molar-refractivity contribution in [3.8, 4) is 0 Å². The lowest BCUT2D eigenvalue weighted by Crippen LogP contribution is -2.55. The Bertz CT molecular complexity index is 818. The maximum atomic E-state index is 13.0. The number of amides is 2. The first kappa shape index (κ1) is 22.6. The molecule has 1 aromatic rings. The number of nitrogens with one attached hydrogen (secondary N) is 1. The molecule has 8 nitrogen and oxygen atoms in total. The Hall–Kier alpha value is -2.13. The Morgan fingerprint density at radius 1 is 1.13 bits per heavy atom. The Balaban J connectivity index is 1.53. The van der Waals surface area contributed by atoms with Crippen molar-refractivity contribution in [1.82, 2.24) is 15.1 Å². The fraction of sp³-hybridized carbons (Fsp3) is 0.619. The molecule has 2 fully saturated rings. The van der Waals surface area contributed by atoms with Crippen molar-refractivity contribution in [2.45, 2.75) is 31.9 Å². The van der Waals surface area contributed by atoms with E-state index in [1.165, 1.54) is 12.8 Å². The molecule has 2 aliphatic rings. The molecule has 1 N–H and O–H groups in total. The average Bonchev–Trinajstić information content (AvgIpc) is 3.54. The SMILES string of the molecule is CS(=O)(=O)CCC(NC(=O)OCc1ccccc1)C(=O)N1CCN(CC2CC2)CC1. The van der Waals surface area contributed by atoms with Crippen LogP contribution in [-0.4, -0.2) is 81.0 Å². The molecule has 0 aromatic heterocycles. The van der Waals surface area contributed by atoms with Crippen LogP contribution in [0.3, 0.4) is 0 Å². The van der Waals surface area contributed by atoms with Gasteiger partial charge in [-0.15, -0.1) is 0 Å². The number of ether oxygens (including phenoxy) is 1. The van der Waals surface area contributed by atoms with Crippen molar-refractivity contribution in [1.29, 1.82) is 0 Å². The molecule has 1 aromatic carbocycles. The van der Waals surface area contributed by atoms with E-state index in [0.29, 0.717) is 13.1 Å². The van der Waals surface area contributed by atoms with Gasteiger partial charge in [0.25, 0.3) is 0 Å². The van der Waals surface area contributed by atoms with Crippen LogP contribution >= 0.6 is 0 Å². The summed E-state index contributed by atoms with van der Waals surface area (Å²) in [6, 6.07) is 8.31. The second-order valence-corrected chi connectivity index (χ2v) is 10.5. The van der Waals surface area contributed by atoms with Crippen LogP contribution in [0.15, 0.2) is 30.3 Å². The van der Waals surface area contributed by atoms with Crippen LogP contribution in [0.5, 0.6) is 0 Å². The van der Waals surface area contributed by atoms with Crippen molar-refractivity contribution in [3.05, 3.63) is 35.9 Å². The largest absolute Gasteiger partial charge is 0.445 e. The Morgan fingerprint density at radius 3 is 2.40 bits per heavy atom. The third-order valence-electron chi connectivity index (χ3n) is 5.48. The van der Waals surface area contributed by atoms with E-state index >= 15 is 0 Å². The number of nitrogens with zero attached hydrogens (tertiary/aromatic N) is 2. The maximum absolute atomic E-state index is 13.0. The number of alkyl carbamates (subject to hydrolysis) is 1. The fourth-order valence-corrected chi connectivity index (χ4v) is 4.20. The molecule has 2 amide bonds. The number of carbonyl (C=O) groups is 2. The first-order valence-electron chi connectivity index (χ1n) is 10.5. The number of rotatable bonds is 9. The van der Waals surface area contributed by atoms with Crippen LogP contribution in [0.1, 0.15) is 24.8 Å². The number of benzene rings is 1. The molecular weight excluding hydrogens is 406 g/mol. The van der Waals surface area contributed by atoms with E-state index in [1.54, 1.807) is 4.90 Å². The van der Waals surface area contributed by atoms with Gasteiger partial charge in [0, 0.05) is 39.0 Å². The summed E-state index contributed by atoms with van der Waals surface area (Å²) < 4.78 is 28.4.